The molecule has 0 aromatic heterocycles. The van der Waals surface area contributed by atoms with Gasteiger partial charge in [-0.05, 0) is 37.6 Å². The first kappa shape index (κ1) is 17.8. The van der Waals surface area contributed by atoms with Crippen molar-refractivity contribution in [1.82, 2.24) is 20.3 Å². The van der Waals surface area contributed by atoms with E-state index >= 15 is 0 Å². The minimum atomic E-state index is -3.80. The Balaban J connectivity index is 1.76. The fourth-order valence-corrected chi connectivity index (χ4v) is 4.45. The van der Waals surface area contributed by atoms with Crippen molar-refractivity contribution in [2.45, 2.75) is 23.8 Å². The Bertz CT molecular complexity index is 759. The van der Waals surface area contributed by atoms with Crippen LogP contribution in [-0.4, -0.2) is 63.3 Å². The predicted molar refractivity (Wildman–Crippen MR) is 91.6 cm³/mol. The molecule has 3 rings (SSSR count). The van der Waals surface area contributed by atoms with Gasteiger partial charge >= 0.3 is 0 Å². The topological polar surface area (TPSA) is 108 Å². The van der Waals surface area contributed by atoms with Crippen LogP contribution in [0.15, 0.2) is 29.2 Å². The predicted octanol–water partition coefficient (Wildman–Crippen LogP) is -0.711. The molecule has 1 unspecified atom stereocenters. The molecule has 0 bridgehead atoms. The van der Waals surface area contributed by atoms with Crippen LogP contribution in [0.25, 0.3) is 0 Å². The maximum atomic E-state index is 12.7. The summed E-state index contributed by atoms with van der Waals surface area (Å²) < 4.78 is 26.5. The van der Waals surface area contributed by atoms with Gasteiger partial charge in [-0.2, -0.15) is 4.31 Å². The number of carbonyl (C=O) groups excluding carboxylic acids is 2. The van der Waals surface area contributed by atoms with Gasteiger partial charge in [0.15, 0.2) is 0 Å². The number of nitrogens with zero attached hydrogens (tertiary/aromatic N) is 1. The van der Waals surface area contributed by atoms with Crippen molar-refractivity contribution in [2.75, 3.05) is 32.7 Å². The highest BCUT2D eigenvalue weighted by Gasteiger charge is 2.29. The molecule has 3 N–H and O–H groups in total. The van der Waals surface area contributed by atoms with Crippen molar-refractivity contribution in [3.63, 3.8) is 0 Å². The van der Waals surface area contributed by atoms with Crippen molar-refractivity contribution in [2.24, 2.45) is 0 Å². The van der Waals surface area contributed by atoms with Crippen molar-refractivity contribution >= 4 is 21.8 Å². The first-order valence-electron chi connectivity index (χ1n) is 8.35. The smallest absolute Gasteiger partial charge is 0.251 e. The third-order valence-electron chi connectivity index (χ3n) is 4.37. The molecule has 136 valence electrons. The molecule has 0 radical (unpaired) electrons. The van der Waals surface area contributed by atoms with E-state index in [4.69, 9.17) is 0 Å². The Morgan fingerprint density at radius 3 is 2.84 bits per heavy atom. The largest absolute Gasteiger partial charge is 0.354 e. The Morgan fingerprint density at radius 2 is 2.12 bits per heavy atom. The number of piperidine rings is 1. The van der Waals surface area contributed by atoms with Gasteiger partial charge in [0, 0.05) is 31.2 Å². The minimum absolute atomic E-state index is 0.0246. The van der Waals surface area contributed by atoms with Crippen LogP contribution in [0.1, 0.15) is 23.2 Å². The lowest BCUT2D eigenvalue weighted by Gasteiger charge is -2.26. The summed E-state index contributed by atoms with van der Waals surface area (Å²) >= 11 is 0. The second-order valence-corrected chi connectivity index (χ2v) is 8.17. The van der Waals surface area contributed by atoms with Gasteiger partial charge in [-0.25, -0.2) is 8.42 Å². The molecule has 2 heterocycles. The van der Waals surface area contributed by atoms with Crippen LogP contribution in [0.3, 0.4) is 0 Å². The second-order valence-electron chi connectivity index (χ2n) is 6.23. The summed E-state index contributed by atoms with van der Waals surface area (Å²) in [5.74, 6) is -0.615. The zero-order valence-electron chi connectivity index (χ0n) is 13.8. The molecule has 1 aromatic carbocycles. The Morgan fingerprint density at radius 1 is 1.28 bits per heavy atom. The Hall–Kier alpha value is -1.97. The monoisotopic (exact) mass is 366 g/mol. The van der Waals surface area contributed by atoms with E-state index in [0.29, 0.717) is 12.1 Å². The van der Waals surface area contributed by atoms with Gasteiger partial charge in [-0.1, -0.05) is 6.07 Å². The molecule has 0 aliphatic carbocycles. The summed E-state index contributed by atoms with van der Waals surface area (Å²) in [4.78, 5) is 23.9. The number of hydrogen-bond donors (Lipinski definition) is 3. The number of hydrogen-bond acceptors (Lipinski definition) is 5. The summed E-state index contributed by atoms with van der Waals surface area (Å²) in [5, 5.41) is 8.74. The lowest BCUT2D eigenvalue weighted by Crippen LogP contribution is -2.49. The van der Waals surface area contributed by atoms with Crippen LogP contribution in [0.4, 0.5) is 0 Å². The maximum Gasteiger partial charge on any atom is 0.251 e. The van der Waals surface area contributed by atoms with Crippen LogP contribution in [0.2, 0.25) is 0 Å². The molecule has 9 heteroatoms. The molecule has 2 amide bonds. The first-order valence-corrected chi connectivity index (χ1v) is 9.79. The molecular weight excluding hydrogens is 344 g/mol. The van der Waals surface area contributed by atoms with Gasteiger partial charge in [0.05, 0.1) is 11.4 Å². The third-order valence-corrected chi connectivity index (χ3v) is 6.21. The molecule has 25 heavy (non-hydrogen) atoms. The highest BCUT2D eigenvalue weighted by molar-refractivity contribution is 7.89. The number of amides is 2. The highest BCUT2D eigenvalue weighted by Crippen LogP contribution is 2.18. The van der Waals surface area contributed by atoms with E-state index in [1.165, 1.54) is 12.1 Å². The molecule has 2 aliphatic rings. The number of nitrogens with one attached hydrogen (secondary N) is 3. The van der Waals surface area contributed by atoms with Crippen LogP contribution in [0, 0.1) is 0 Å². The number of piperazine rings is 1. The second kappa shape index (κ2) is 7.51. The highest BCUT2D eigenvalue weighted by atomic mass is 32.2. The van der Waals surface area contributed by atoms with Crippen molar-refractivity contribution in [3.05, 3.63) is 29.8 Å². The van der Waals surface area contributed by atoms with Gasteiger partial charge in [-0.3, -0.25) is 9.59 Å². The normalized spacial score (nSPS) is 22.2. The molecule has 0 spiro atoms. The zero-order chi connectivity index (χ0) is 17.9. The summed E-state index contributed by atoms with van der Waals surface area (Å²) in [6, 6.07) is 6.00. The number of carbonyl (C=O) groups is 2. The summed E-state index contributed by atoms with van der Waals surface area (Å²) in [7, 11) is -3.80. The fraction of sp³-hybridized carbons (Fsp3) is 0.500. The lowest BCUT2D eigenvalue weighted by atomic mass is 10.1. The average molecular weight is 366 g/mol. The molecule has 8 nitrogen and oxygen atoms in total. The maximum absolute atomic E-state index is 12.7. The fourth-order valence-electron chi connectivity index (χ4n) is 3.01. The van der Waals surface area contributed by atoms with E-state index in [-0.39, 0.29) is 42.4 Å². The minimum Gasteiger partial charge on any atom is -0.354 e. The zero-order valence-corrected chi connectivity index (χ0v) is 14.6. The third kappa shape index (κ3) is 4.17. The summed E-state index contributed by atoms with van der Waals surface area (Å²) in [5.41, 5.74) is 0.299. The SMILES string of the molecule is O=C1CN(S(=O)(=O)c2cccc(C(=O)NC3CCCNC3)c2)CCN1. The van der Waals surface area contributed by atoms with Crippen LogP contribution in [-0.2, 0) is 14.8 Å². The van der Waals surface area contributed by atoms with E-state index < -0.39 is 10.0 Å². The summed E-state index contributed by atoms with van der Waals surface area (Å²) in [6.07, 6.45) is 1.90. The van der Waals surface area contributed by atoms with E-state index in [9.17, 15) is 18.0 Å². The van der Waals surface area contributed by atoms with Crippen LogP contribution in [0.5, 0.6) is 0 Å². The molecular formula is C16H22N4O4S. The van der Waals surface area contributed by atoms with Crippen LogP contribution >= 0.6 is 0 Å². The van der Waals surface area contributed by atoms with Crippen LogP contribution < -0.4 is 16.0 Å². The summed E-state index contributed by atoms with van der Waals surface area (Å²) in [6.45, 7) is 1.97. The van der Waals surface area contributed by atoms with Gasteiger partial charge in [0.25, 0.3) is 5.91 Å². The molecule has 2 saturated heterocycles. The Kier molecular flexibility index (Phi) is 5.36. The van der Waals surface area contributed by atoms with E-state index in [2.05, 4.69) is 16.0 Å². The number of benzene rings is 1. The van der Waals surface area contributed by atoms with E-state index in [1.54, 1.807) is 12.1 Å². The molecule has 1 aromatic rings. The lowest BCUT2D eigenvalue weighted by molar-refractivity contribution is -0.122. The Labute approximate surface area is 147 Å². The number of rotatable bonds is 4. The standard InChI is InChI=1S/C16H22N4O4S/c21-15-11-20(8-7-18-15)25(23,24)14-5-1-3-12(9-14)16(22)19-13-4-2-6-17-10-13/h1,3,5,9,13,17H,2,4,6-8,10-11H2,(H,18,21)(H,19,22). The average Bonchev–Trinajstić information content (AvgIpc) is 2.62. The van der Waals surface area contributed by atoms with Gasteiger partial charge in [0.1, 0.15) is 0 Å². The van der Waals surface area contributed by atoms with Crippen molar-refractivity contribution < 1.29 is 18.0 Å². The molecule has 2 aliphatic heterocycles. The van der Waals surface area contributed by atoms with E-state index in [0.717, 1.165) is 23.7 Å². The first-order chi connectivity index (χ1) is 12.0. The van der Waals surface area contributed by atoms with Crippen molar-refractivity contribution in [1.29, 1.82) is 0 Å². The van der Waals surface area contributed by atoms with E-state index in [1.807, 2.05) is 0 Å². The molecule has 2 fully saturated rings. The molecule has 0 saturated carbocycles. The van der Waals surface area contributed by atoms with Gasteiger partial charge < -0.3 is 16.0 Å². The molecule has 1 atom stereocenters. The van der Waals surface area contributed by atoms with Gasteiger partial charge in [-0.15, -0.1) is 0 Å². The van der Waals surface area contributed by atoms with Gasteiger partial charge in [0.2, 0.25) is 15.9 Å². The quantitative estimate of drug-likeness (QED) is 0.652. The number of sulfonamides is 1. The van der Waals surface area contributed by atoms with Crippen molar-refractivity contribution in [3.8, 4) is 0 Å².